The van der Waals surface area contributed by atoms with E-state index in [0.29, 0.717) is 54.7 Å². The van der Waals surface area contributed by atoms with Crippen LogP contribution in [0.15, 0.2) is 17.7 Å². The predicted molar refractivity (Wildman–Crippen MR) is 123 cm³/mol. The molecule has 3 rings (SSSR count). The van der Waals surface area contributed by atoms with Gasteiger partial charge in [-0.1, -0.05) is 11.6 Å². The number of β-amino-alcohol motifs (C(OH)–C–C–N with tert-alkyl or cyclic N) is 1. The number of phenolic OH excluding ortho intramolecular Hbond substituents is 1. The van der Waals surface area contributed by atoms with E-state index in [-0.39, 0.29) is 31.2 Å². The summed E-state index contributed by atoms with van der Waals surface area (Å²) < 4.78 is 6.30. The van der Waals surface area contributed by atoms with Gasteiger partial charge in [0, 0.05) is 24.1 Å². The second-order valence-electron chi connectivity index (χ2n) is 10.1. The average Bonchev–Trinajstić information content (AvgIpc) is 3.03. The van der Waals surface area contributed by atoms with E-state index in [9.17, 15) is 30.3 Å². The van der Waals surface area contributed by atoms with Crippen LogP contribution in [0.5, 0.6) is 11.5 Å². The first-order valence-electron chi connectivity index (χ1n) is 11.6. The summed E-state index contributed by atoms with van der Waals surface area (Å²) in [4.78, 5) is 14.1. The largest absolute Gasteiger partial charge is 0.508 e. The molecule has 3 atom stereocenters. The zero-order valence-corrected chi connectivity index (χ0v) is 20.0. The number of hydrogen-bond acceptors (Lipinski definition) is 7. The molecule has 0 saturated heterocycles. The van der Waals surface area contributed by atoms with Gasteiger partial charge in [0.15, 0.2) is 0 Å². The summed E-state index contributed by atoms with van der Waals surface area (Å²) in [5, 5.41) is 50.5. The van der Waals surface area contributed by atoms with E-state index in [1.807, 2.05) is 19.9 Å². The minimum atomic E-state index is -1.14. The Labute approximate surface area is 195 Å². The Balaban J connectivity index is 1.72. The van der Waals surface area contributed by atoms with Crippen LogP contribution in [0.1, 0.15) is 74.9 Å². The van der Waals surface area contributed by atoms with Crippen LogP contribution in [0.3, 0.4) is 0 Å². The number of aliphatic hydroxyl groups is 4. The van der Waals surface area contributed by atoms with E-state index >= 15 is 0 Å². The third-order valence-electron chi connectivity index (χ3n) is 6.90. The number of carbonyl (C=O) groups excluding carboxylic acids is 1. The minimum Gasteiger partial charge on any atom is -0.508 e. The maximum atomic E-state index is 12.6. The van der Waals surface area contributed by atoms with E-state index in [0.717, 1.165) is 5.57 Å². The predicted octanol–water partition coefficient (Wildman–Crippen LogP) is 2.03. The van der Waals surface area contributed by atoms with Crippen molar-refractivity contribution < 1.29 is 35.1 Å². The molecule has 2 heterocycles. The van der Waals surface area contributed by atoms with Crippen LogP contribution in [0.25, 0.3) is 0 Å². The molecule has 1 amide bonds. The number of nitrogens with zero attached hydrogens (tertiary/aromatic N) is 1. The van der Waals surface area contributed by atoms with Gasteiger partial charge in [0.2, 0.25) is 0 Å². The summed E-state index contributed by atoms with van der Waals surface area (Å²) in [6.07, 6.45) is 2.92. The van der Waals surface area contributed by atoms with Crippen molar-refractivity contribution in [3.63, 3.8) is 0 Å². The molecule has 8 nitrogen and oxygen atoms in total. The van der Waals surface area contributed by atoms with Crippen molar-refractivity contribution in [1.82, 2.24) is 4.90 Å². The van der Waals surface area contributed by atoms with E-state index in [1.165, 1.54) is 11.0 Å². The molecule has 0 unspecified atom stereocenters. The van der Waals surface area contributed by atoms with Crippen LogP contribution < -0.4 is 4.74 Å². The molecule has 0 saturated carbocycles. The van der Waals surface area contributed by atoms with Gasteiger partial charge in [-0.05, 0) is 59.4 Å². The lowest BCUT2D eigenvalue weighted by atomic mass is 9.84. The van der Waals surface area contributed by atoms with Crippen molar-refractivity contribution in [2.45, 2.75) is 89.8 Å². The number of aliphatic hydroxyl groups excluding tert-OH is 3. The molecule has 0 spiro atoms. The van der Waals surface area contributed by atoms with Gasteiger partial charge in [-0.3, -0.25) is 4.79 Å². The molecule has 33 heavy (non-hydrogen) atoms. The smallest absolute Gasteiger partial charge is 0.254 e. The number of rotatable bonds is 9. The number of benzene rings is 1. The monoisotopic (exact) mass is 463 g/mol. The number of fused-ring (bicyclic) bond motifs is 3. The first-order chi connectivity index (χ1) is 15.4. The number of allylic oxidation sites excluding steroid dienone is 2. The number of aromatic hydroxyl groups is 1. The van der Waals surface area contributed by atoms with Crippen LogP contribution >= 0.6 is 0 Å². The number of carbonyl (C=O) groups is 1. The molecule has 2 aliphatic rings. The van der Waals surface area contributed by atoms with Crippen LogP contribution in [0.2, 0.25) is 0 Å². The second kappa shape index (κ2) is 9.62. The quantitative estimate of drug-likeness (QED) is 0.354. The highest BCUT2D eigenvalue weighted by atomic mass is 16.5. The SMILES string of the molecule is C/C(=C\CC[C@]1(C)Oc2c(c(O)cc3c2CN(CCO)C3=O)C[C@H]1O)CC[C@@H](O)C(C)(C)O. The maximum Gasteiger partial charge on any atom is 0.254 e. The Morgan fingerprint density at radius 1 is 1.39 bits per heavy atom. The highest BCUT2D eigenvalue weighted by molar-refractivity contribution is 6.00. The number of amides is 1. The number of phenols is 1. The molecule has 0 fully saturated rings. The summed E-state index contributed by atoms with van der Waals surface area (Å²) >= 11 is 0. The van der Waals surface area contributed by atoms with E-state index in [1.54, 1.807) is 13.8 Å². The molecular formula is C25H37NO7. The summed E-state index contributed by atoms with van der Waals surface area (Å²) in [6.45, 7) is 7.33. The summed E-state index contributed by atoms with van der Waals surface area (Å²) in [6, 6.07) is 1.43. The van der Waals surface area contributed by atoms with E-state index in [2.05, 4.69) is 0 Å². The third kappa shape index (κ3) is 5.35. The molecule has 1 aromatic rings. The first-order valence-corrected chi connectivity index (χ1v) is 11.6. The van der Waals surface area contributed by atoms with Crippen LogP contribution in [0, 0.1) is 0 Å². The van der Waals surface area contributed by atoms with Crippen molar-refractivity contribution in [2.24, 2.45) is 0 Å². The Kier molecular flexibility index (Phi) is 7.43. The minimum absolute atomic E-state index is 0.0647. The molecule has 0 radical (unpaired) electrons. The van der Waals surface area contributed by atoms with E-state index in [4.69, 9.17) is 4.74 Å². The van der Waals surface area contributed by atoms with Gasteiger partial charge >= 0.3 is 0 Å². The zero-order valence-electron chi connectivity index (χ0n) is 20.0. The van der Waals surface area contributed by atoms with Gasteiger partial charge in [-0.25, -0.2) is 0 Å². The van der Waals surface area contributed by atoms with Crippen molar-refractivity contribution in [1.29, 1.82) is 0 Å². The fourth-order valence-corrected chi connectivity index (χ4v) is 4.49. The fourth-order valence-electron chi connectivity index (χ4n) is 4.49. The lowest BCUT2D eigenvalue weighted by Gasteiger charge is -2.40. The molecule has 5 N–H and O–H groups in total. The summed E-state index contributed by atoms with van der Waals surface area (Å²) in [5.41, 5.74) is 0.611. The zero-order chi connectivity index (χ0) is 24.6. The Morgan fingerprint density at radius 3 is 2.73 bits per heavy atom. The maximum absolute atomic E-state index is 12.6. The van der Waals surface area contributed by atoms with Crippen LogP contribution in [0.4, 0.5) is 0 Å². The molecular weight excluding hydrogens is 426 g/mol. The Morgan fingerprint density at radius 2 is 2.09 bits per heavy atom. The van der Waals surface area contributed by atoms with Gasteiger partial charge in [0.05, 0.1) is 36.5 Å². The normalized spacial score (nSPS) is 23.9. The summed E-state index contributed by atoms with van der Waals surface area (Å²) in [5.74, 6) is 0.145. The number of hydrogen-bond donors (Lipinski definition) is 5. The van der Waals surface area contributed by atoms with Gasteiger partial charge in [-0.2, -0.15) is 0 Å². The fraction of sp³-hybridized carbons (Fsp3) is 0.640. The standard InChI is InChI=1S/C25H37NO7/c1-15(7-8-20(29)24(2,3)32)6-5-9-25(4)21(30)13-17-19(28)12-16-18(22(17)33-25)14-26(10-11-27)23(16)31/h6,12,20-21,27-30,32H,5,7-11,13-14H2,1-4H3/b15-6+/t20-,21-,25+/m1/s1. The van der Waals surface area contributed by atoms with E-state index < -0.39 is 23.4 Å². The summed E-state index contributed by atoms with van der Waals surface area (Å²) in [7, 11) is 0. The second-order valence-corrected chi connectivity index (χ2v) is 10.1. The molecule has 1 aromatic carbocycles. The van der Waals surface area contributed by atoms with Gasteiger partial charge < -0.3 is 35.2 Å². The first kappa shape index (κ1) is 25.5. The molecule has 8 heteroatoms. The van der Waals surface area contributed by atoms with Crippen molar-refractivity contribution >= 4 is 5.91 Å². The third-order valence-corrected chi connectivity index (χ3v) is 6.90. The van der Waals surface area contributed by atoms with Gasteiger partial charge in [0.1, 0.15) is 17.1 Å². The van der Waals surface area contributed by atoms with Gasteiger partial charge in [-0.15, -0.1) is 0 Å². The van der Waals surface area contributed by atoms with Crippen molar-refractivity contribution in [2.75, 3.05) is 13.2 Å². The molecule has 0 aromatic heterocycles. The Hall–Kier alpha value is -2.13. The highest BCUT2D eigenvalue weighted by Gasteiger charge is 2.44. The highest BCUT2D eigenvalue weighted by Crippen LogP contribution is 2.46. The van der Waals surface area contributed by atoms with Crippen LogP contribution in [-0.4, -0.2) is 72.9 Å². The molecule has 0 bridgehead atoms. The molecule has 0 aliphatic carbocycles. The molecule has 184 valence electrons. The molecule has 2 aliphatic heterocycles. The average molecular weight is 464 g/mol. The van der Waals surface area contributed by atoms with Gasteiger partial charge in [0.25, 0.3) is 5.91 Å². The van der Waals surface area contributed by atoms with Crippen molar-refractivity contribution in [3.05, 3.63) is 34.4 Å². The topological polar surface area (TPSA) is 131 Å². The van der Waals surface area contributed by atoms with Crippen LogP contribution in [-0.2, 0) is 13.0 Å². The Bertz CT molecular complexity index is 920. The number of ether oxygens (including phenoxy) is 1. The lowest BCUT2D eigenvalue weighted by molar-refractivity contribution is -0.0599. The van der Waals surface area contributed by atoms with Crippen molar-refractivity contribution in [3.8, 4) is 11.5 Å². The lowest BCUT2D eigenvalue weighted by Crippen LogP contribution is -2.49.